The smallest absolute Gasteiger partial charge is 0.295 e. The van der Waals surface area contributed by atoms with E-state index in [4.69, 9.17) is 0 Å². The second kappa shape index (κ2) is 7.83. The predicted octanol–water partition coefficient (Wildman–Crippen LogP) is 3.50. The lowest BCUT2D eigenvalue weighted by Crippen LogP contribution is -2.40. The van der Waals surface area contributed by atoms with Gasteiger partial charge in [-0.05, 0) is 64.1 Å². The summed E-state index contributed by atoms with van der Waals surface area (Å²) in [5, 5.41) is 9.78. The van der Waals surface area contributed by atoms with E-state index in [1.54, 1.807) is 43.3 Å². The number of carbonyl (C=O) groups is 2. The number of aryl methyl sites for hydroxylation is 1. The van der Waals surface area contributed by atoms with E-state index in [9.17, 15) is 14.0 Å². The van der Waals surface area contributed by atoms with Crippen molar-refractivity contribution in [2.45, 2.75) is 33.2 Å². The van der Waals surface area contributed by atoms with Crippen LogP contribution in [0.1, 0.15) is 47.6 Å². The Kier molecular flexibility index (Phi) is 5.45. The molecule has 0 unspecified atom stereocenters. The molecule has 2 N–H and O–H groups in total. The lowest BCUT2D eigenvalue weighted by Gasteiger charge is -2.21. The van der Waals surface area contributed by atoms with Gasteiger partial charge in [0.05, 0.1) is 16.9 Å². The first-order valence-electron chi connectivity index (χ1n) is 9.06. The van der Waals surface area contributed by atoms with E-state index in [0.717, 1.165) is 0 Å². The Balaban J connectivity index is 1.84. The highest BCUT2D eigenvalue weighted by atomic mass is 19.1. The van der Waals surface area contributed by atoms with E-state index in [1.165, 1.54) is 16.8 Å². The zero-order valence-corrected chi connectivity index (χ0v) is 16.7. The van der Waals surface area contributed by atoms with Gasteiger partial charge in [0.15, 0.2) is 0 Å². The molecule has 0 atom stereocenters. The second-order valence-electron chi connectivity index (χ2n) is 7.57. The zero-order valence-electron chi connectivity index (χ0n) is 16.7. The zero-order chi connectivity index (χ0) is 21.2. The third kappa shape index (κ3) is 4.84. The first-order chi connectivity index (χ1) is 13.6. The molecule has 2 aromatic carbocycles. The Morgan fingerprint density at radius 2 is 1.66 bits per heavy atom. The summed E-state index contributed by atoms with van der Waals surface area (Å²) in [5.74, 6) is -0.799. The molecule has 1 heterocycles. The van der Waals surface area contributed by atoms with E-state index >= 15 is 0 Å². The van der Waals surface area contributed by atoms with Gasteiger partial charge in [0.2, 0.25) is 5.82 Å². The van der Waals surface area contributed by atoms with Gasteiger partial charge in [-0.1, -0.05) is 12.1 Å². The highest BCUT2D eigenvalue weighted by molar-refractivity contribution is 6.07. The quantitative estimate of drug-likeness (QED) is 0.708. The molecule has 8 heteroatoms. The molecule has 29 heavy (non-hydrogen) atoms. The Labute approximate surface area is 168 Å². The number of halogens is 1. The van der Waals surface area contributed by atoms with Crippen LogP contribution in [0.25, 0.3) is 5.69 Å². The summed E-state index contributed by atoms with van der Waals surface area (Å²) in [5.41, 5.74) is 0.863. The summed E-state index contributed by atoms with van der Waals surface area (Å²) in [6.07, 6.45) is 0. The van der Waals surface area contributed by atoms with Crippen LogP contribution in [0.3, 0.4) is 0 Å². The Morgan fingerprint density at radius 3 is 2.31 bits per heavy atom. The molecular formula is C21H22FN5O2. The summed E-state index contributed by atoms with van der Waals surface area (Å²) in [7, 11) is 0. The third-order valence-electron chi connectivity index (χ3n) is 3.95. The number of hydrogen-bond donors (Lipinski definition) is 2. The fourth-order valence-corrected chi connectivity index (χ4v) is 2.69. The number of carbonyl (C=O) groups excluding carboxylic acids is 2. The van der Waals surface area contributed by atoms with Gasteiger partial charge in [-0.3, -0.25) is 9.59 Å². The predicted molar refractivity (Wildman–Crippen MR) is 108 cm³/mol. The van der Waals surface area contributed by atoms with Crippen LogP contribution in [-0.2, 0) is 0 Å². The van der Waals surface area contributed by atoms with E-state index in [-0.39, 0.29) is 17.5 Å². The van der Waals surface area contributed by atoms with Gasteiger partial charge in [0.1, 0.15) is 11.6 Å². The standard InChI is InChI=1S/C21H22FN5O2/c1-13-23-18(26-27(13)15-11-9-14(22)10-12-15)20(29)24-17-8-6-5-7-16(17)19(28)25-21(2,3)4/h5-12H,1-4H3,(H,24,29)(H,25,28). The van der Waals surface area contributed by atoms with Crippen molar-refractivity contribution in [3.8, 4) is 5.69 Å². The number of aromatic nitrogens is 3. The number of nitrogens with one attached hydrogen (secondary N) is 2. The minimum atomic E-state index is -0.551. The van der Waals surface area contributed by atoms with Crippen molar-refractivity contribution < 1.29 is 14.0 Å². The molecule has 150 valence electrons. The van der Waals surface area contributed by atoms with Gasteiger partial charge in [-0.2, -0.15) is 0 Å². The molecule has 3 aromatic rings. The second-order valence-corrected chi connectivity index (χ2v) is 7.57. The van der Waals surface area contributed by atoms with Crippen LogP contribution in [0.5, 0.6) is 0 Å². The fraction of sp³-hybridized carbons (Fsp3) is 0.238. The van der Waals surface area contributed by atoms with Gasteiger partial charge < -0.3 is 10.6 Å². The SMILES string of the molecule is Cc1nc(C(=O)Nc2ccccc2C(=O)NC(C)(C)C)nn1-c1ccc(F)cc1. The van der Waals surface area contributed by atoms with Crippen molar-refractivity contribution in [3.05, 3.63) is 71.6 Å². The minimum absolute atomic E-state index is 0.0575. The monoisotopic (exact) mass is 395 g/mol. The molecule has 1 aromatic heterocycles. The number of amides is 2. The molecule has 0 saturated carbocycles. The lowest BCUT2D eigenvalue weighted by atomic mass is 10.1. The van der Waals surface area contributed by atoms with E-state index in [1.807, 2.05) is 20.8 Å². The summed E-state index contributed by atoms with van der Waals surface area (Å²) in [6, 6.07) is 12.4. The average Bonchev–Trinajstić information content (AvgIpc) is 3.03. The highest BCUT2D eigenvalue weighted by Gasteiger charge is 2.21. The van der Waals surface area contributed by atoms with Gasteiger partial charge in [0.25, 0.3) is 11.8 Å². The van der Waals surface area contributed by atoms with Crippen LogP contribution >= 0.6 is 0 Å². The molecule has 0 aliphatic heterocycles. The van der Waals surface area contributed by atoms with Crippen LogP contribution < -0.4 is 10.6 Å². The van der Waals surface area contributed by atoms with E-state index in [0.29, 0.717) is 22.8 Å². The molecule has 0 saturated heterocycles. The summed E-state index contributed by atoms with van der Waals surface area (Å²) in [6.45, 7) is 7.32. The number of benzene rings is 2. The minimum Gasteiger partial charge on any atom is -0.347 e. The van der Waals surface area contributed by atoms with Crippen molar-refractivity contribution in [2.75, 3.05) is 5.32 Å². The number of para-hydroxylation sites is 1. The maximum absolute atomic E-state index is 13.1. The number of rotatable bonds is 4. The van der Waals surface area contributed by atoms with E-state index in [2.05, 4.69) is 20.7 Å². The summed E-state index contributed by atoms with van der Waals surface area (Å²) < 4.78 is 14.6. The maximum atomic E-state index is 13.1. The summed E-state index contributed by atoms with van der Waals surface area (Å²) >= 11 is 0. The Morgan fingerprint density at radius 1 is 1.00 bits per heavy atom. The first kappa shape index (κ1) is 20.2. The maximum Gasteiger partial charge on any atom is 0.295 e. The average molecular weight is 395 g/mol. The molecule has 0 radical (unpaired) electrons. The van der Waals surface area contributed by atoms with Gasteiger partial charge in [-0.15, -0.1) is 5.10 Å². The van der Waals surface area contributed by atoms with Crippen LogP contribution in [0, 0.1) is 12.7 Å². The van der Waals surface area contributed by atoms with E-state index < -0.39 is 11.4 Å². The van der Waals surface area contributed by atoms with Crippen LogP contribution in [-0.4, -0.2) is 32.1 Å². The van der Waals surface area contributed by atoms with Crippen molar-refractivity contribution in [3.63, 3.8) is 0 Å². The van der Waals surface area contributed by atoms with Crippen LogP contribution in [0.2, 0.25) is 0 Å². The summed E-state index contributed by atoms with van der Waals surface area (Å²) in [4.78, 5) is 29.4. The molecule has 7 nitrogen and oxygen atoms in total. The normalized spacial score (nSPS) is 11.2. The fourth-order valence-electron chi connectivity index (χ4n) is 2.69. The Hall–Kier alpha value is -3.55. The molecule has 3 rings (SSSR count). The Bertz CT molecular complexity index is 1050. The van der Waals surface area contributed by atoms with Gasteiger partial charge in [-0.25, -0.2) is 14.1 Å². The molecule has 0 bridgehead atoms. The van der Waals surface area contributed by atoms with Crippen molar-refractivity contribution in [2.24, 2.45) is 0 Å². The topological polar surface area (TPSA) is 88.9 Å². The molecule has 0 aliphatic rings. The number of hydrogen-bond acceptors (Lipinski definition) is 4. The van der Waals surface area contributed by atoms with Crippen molar-refractivity contribution in [1.29, 1.82) is 0 Å². The lowest BCUT2D eigenvalue weighted by molar-refractivity contribution is 0.0920. The molecule has 0 fully saturated rings. The van der Waals surface area contributed by atoms with Crippen molar-refractivity contribution >= 4 is 17.5 Å². The number of nitrogens with zero attached hydrogens (tertiary/aromatic N) is 3. The number of anilines is 1. The van der Waals surface area contributed by atoms with Gasteiger partial charge >= 0.3 is 0 Å². The third-order valence-corrected chi connectivity index (χ3v) is 3.95. The van der Waals surface area contributed by atoms with Crippen LogP contribution in [0.4, 0.5) is 10.1 Å². The van der Waals surface area contributed by atoms with Crippen LogP contribution in [0.15, 0.2) is 48.5 Å². The molecule has 0 aliphatic carbocycles. The van der Waals surface area contributed by atoms with Crippen molar-refractivity contribution in [1.82, 2.24) is 20.1 Å². The highest BCUT2D eigenvalue weighted by Crippen LogP contribution is 2.18. The largest absolute Gasteiger partial charge is 0.347 e. The molecular weight excluding hydrogens is 373 g/mol. The molecule has 0 spiro atoms. The van der Waals surface area contributed by atoms with Gasteiger partial charge in [0, 0.05) is 5.54 Å². The first-order valence-corrected chi connectivity index (χ1v) is 9.06. The molecule has 2 amide bonds.